The average molecular weight is 350 g/mol. The maximum Gasteiger partial charge on any atom is 0.162 e. The molecule has 0 saturated carbocycles. The number of aliphatic hydroxyl groups is 1. The summed E-state index contributed by atoms with van der Waals surface area (Å²) in [4.78, 5) is 8.68. The first kappa shape index (κ1) is 16.4. The molecule has 4 aromatic rings. The summed E-state index contributed by atoms with van der Waals surface area (Å²) in [5.41, 5.74) is 3.26. The predicted octanol–water partition coefficient (Wildman–Crippen LogP) is 2.28. The van der Waals surface area contributed by atoms with E-state index >= 15 is 0 Å². The molecule has 0 saturated heterocycles. The molecule has 0 aliphatic heterocycles. The molecular formula is C18H18N6O2. The highest BCUT2D eigenvalue weighted by Crippen LogP contribution is 2.24. The van der Waals surface area contributed by atoms with Crippen LogP contribution in [-0.2, 0) is 4.74 Å². The van der Waals surface area contributed by atoms with Crippen molar-refractivity contribution in [3.05, 3.63) is 54.6 Å². The van der Waals surface area contributed by atoms with Crippen molar-refractivity contribution in [2.45, 2.75) is 12.5 Å². The fourth-order valence-corrected chi connectivity index (χ4v) is 2.84. The van der Waals surface area contributed by atoms with Crippen LogP contribution in [-0.4, -0.2) is 48.8 Å². The van der Waals surface area contributed by atoms with Gasteiger partial charge in [0.25, 0.3) is 0 Å². The molecule has 4 rings (SSSR count). The number of aromatic nitrogens is 6. The van der Waals surface area contributed by atoms with Crippen molar-refractivity contribution in [3.8, 4) is 17.1 Å². The molecule has 1 aromatic carbocycles. The van der Waals surface area contributed by atoms with E-state index < -0.39 is 6.10 Å². The minimum Gasteiger partial charge on any atom is -0.388 e. The summed E-state index contributed by atoms with van der Waals surface area (Å²) < 4.78 is 6.78. The van der Waals surface area contributed by atoms with Crippen molar-refractivity contribution in [1.82, 2.24) is 29.9 Å². The van der Waals surface area contributed by atoms with E-state index in [-0.39, 0.29) is 0 Å². The molecule has 26 heavy (non-hydrogen) atoms. The Balaban J connectivity index is 1.69. The van der Waals surface area contributed by atoms with Gasteiger partial charge in [-0.25, -0.2) is 14.6 Å². The Hall–Kier alpha value is -3.10. The number of nitrogens with zero attached hydrogens (tertiary/aromatic N) is 5. The number of aromatic amines is 1. The van der Waals surface area contributed by atoms with Gasteiger partial charge in [-0.1, -0.05) is 12.1 Å². The van der Waals surface area contributed by atoms with E-state index in [0.717, 1.165) is 27.8 Å². The number of hydrogen-bond acceptors (Lipinski definition) is 6. The standard InChI is InChI=1S/C18H18N6O2/c1-26-6-5-16(25)13-7-14-10-22-24(18(14)19-9-13)15-4-2-3-12(8-15)17-20-11-21-23-17/h2-4,7-11,16,25H,5-6H2,1H3,(H,20,21,23)/t16-/m0/s1. The molecule has 1 atom stereocenters. The first-order valence-corrected chi connectivity index (χ1v) is 8.23. The van der Waals surface area contributed by atoms with Crippen LogP contribution in [0.4, 0.5) is 0 Å². The molecule has 8 nitrogen and oxygen atoms in total. The molecule has 8 heteroatoms. The Labute approximate surface area is 149 Å². The van der Waals surface area contributed by atoms with Crippen LogP contribution in [0.15, 0.2) is 49.1 Å². The van der Waals surface area contributed by atoms with Crippen LogP contribution in [0.3, 0.4) is 0 Å². The normalized spacial score (nSPS) is 12.5. The van der Waals surface area contributed by atoms with Crippen molar-refractivity contribution in [3.63, 3.8) is 0 Å². The zero-order valence-corrected chi connectivity index (χ0v) is 14.2. The Morgan fingerprint density at radius 2 is 2.15 bits per heavy atom. The monoisotopic (exact) mass is 350 g/mol. The van der Waals surface area contributed by atoms with E-state index in [1.54, 1.807) is 24.2 Å². The lowest BCUT2D eigenvalue weighted by Gasteiger charge is -2.10. The molecular weight excluding hydrogens is 332 g/mol. The summed E-state index contributed by atoms with van der Waals surface area (Å²) >= 11 is 0. The number of aliphatic hydroxyl groups excluding tert-OH is 1. The minimum atomic E-state index is -0.606. The lowest BCUT2D eigenvalue weighted by molar-refractivity contribution is 0.110. The van der Waals surface area contributed by atoms with E-state index in [1.165, 1.54) is 6.33 Å². The number of nitrogens with one attached hydrogen (secondary N) is 1. The smallest absolute Gasteiger partial charge is 0.162 e. The second-order valence-electron chi connectivity index (χ2n) is 5.92. The van der Waals surface area contributed by atoms with Crippen LogP contribution in [0.2, 0.25) is 0 Å². The van der Waals surface area contributed by atoms with Gasteiger partial charge in [0.2, 0.25) is 0 Å². The third-order valence-corrected chi connectivity index (χ3v) is 4.19. The van der Waals surface area contributed by atoms with Crippen molar-refractivity contribution in [2.75, 3.05) is 13.7 Å². The van der Waals surface area contributed by atoms with E-state index in [1.807, 2.05) is 30.3 Å². The van der Waals surface area contributed by atoms with E-state index in [2.05, 4.69) is 25.3 Å². The van der Waals surface area contributed by atoms with Gasteiger partial charge in [-0.05, 0) is 23.8 Å². The number of hydrogen-bond donors (Lipinski definition) is 2. The highest BCUT2D eigenvalue weighted by Gasteiger charge is 2.13. The van der Waals surface area contributed by atoms with Gasteiger partial charge in [-0.3, -0.25) is 5.10 Å². The Bertz CT molecular complexity index is 1010. The zero-order chi connectivity index (χ0) is 17.9. The van der Waals surface area contributed by atoms with Gasteiger partial charge < -0.3 is 9.84 Å². The van der Waals surface area contributed by atoms with E-state index in [4.69, 9.17) is 4.74 Å². The van der Waals surface area contributed by atoms with Crippen LogP contribution < -0.4 is 0 Å². The summed E-state index contributed by atoms with van der Waals surface area (Å²) in [6.07, 6.45) is 4.82. The summed E-state index contributed by atoms with van der Waals surface area (Å²) in [5.74, 6) is 0.694. The average Bonchev–Trinajstić information content (AvgIpc) is 3.35. The number of pyridine rings is 1. The number of fused-ring (bicyclic) bond motifs is 1. The Morgan fingerprint density at radius 1 is 1.23 bits per heavy atom. The third-order valence-electron chi connectivity index (χ3n) is 4.19. The number of H-pyrrole nitrogens is 1. The molecule has 0 unspecified atom stereocenters. The van der Waals surface area contributed by atoms with Crippen LogP contribution in [0.5, 0.6) is 0 Å². The molecule has 3 aromatic heterocycles. The summed E-state index contributed by atoms with van der Waals surface area (Å²) in [5, 5.41) is 22.3. The molecule has 0 bridgehead atoms. The van der Waals surface area contributed by atoms with Gasteiger partial charge in [0, 0.05) is 37.3 Å². The van der Waals surface area contributed by atoms with Crippen molar-refractivity contribution < 1.29 is 9.84 Å². The highest BCUT2D eigenvalue weighted by atomic mass is 16.5. The number of methoxy groups -OCH3 is 1. The molecule has 0 fully saturated rings. The van der Waals surface area contributed by atoms with Gasteiger partial charge in [0.1, 0.15) is 6.33 Å². The second kappa shape index (κ2) is 7.03. The molecule has 0 amide bonds. The molecule has 0 aliphatic rings. The van der Waals surface area contributed by atoms with Crippen molar-refractivity contribution >= 4 is 11.0 Å². The lowest BCUT2D eigenvalue weighted by atomic mass is 10.1. The minimum absolute atomic E-state index is 0.493. The predicted molar refractivity (Wildman–Crippen MR) is 95.7 cm³/mol. The Morgan fingerprint density at radius 3 is 2.96 bits per heavy atom. The number of benzene rings is 1. The molecule has 0 spiro atoms. The fraction of sp³-hybridized carbons (Fsp3) is 0.222. The molecule has 0 aliphatic carbocycles. The van der Waals surface area contributed by atoms with Crippen LogP contribution in [0, 0.1) is 0 Å². The summed E-state index contributed by atoms with van der Waals surface area (Å²) in [6.45, 7) is 0.493. The maximum atomic E-state index is 10.2. The Kier molecular flexibility index (Phi) is 4.42. The largest absolute Gasteiger partial charge is 0.388 e. The topological polar surface area (TPSA) is 102 Å². The number of rotatable bonds is 6. The quantitative estimate of drug-likeness (QED) is 0.553. The third kappa shape index (κ3) is 3.07. The van der Waals surface area contributed by atoms with Crippen LogP contribution >= 0.6 is 0 Å². The van der Waals surface area contributed by atoms with Crippen LogP contribution in [0.25, 0.3) is 28.1 Å². The first-order valence-electron chi connectivity index (χ1n) is 8.23. The van der Waals surface area contributed by atoms with Crippen molar-refractivity contribution in [1.29, 1.82) is 0 Å². The zero-order valence-electron chi connectivity index (χ0n) is 14.2. The molecule has 3 heterocycles. The highest BCUT2D eigenvalue weighted by molar-refractivity contribution is 5.77. The molecule has 2 N–H and O–H groups in total. The van der Waals surface area contributed by atoms with E-state index in [9.17, 15) is 5.11 Å². The van der Waals surface area contributed by atoms with Gasteiger partial charge in [0.15, 0.2) is 11.5 Å². The van der Waals surface area contributed by atoms with Gasteiger partial charge in [-0.2, -0.15) is 10.2 Å². The van der Waals surface area contributed by atoms with Gasteiger partial charge >= 0.3 is 0 Å². The number of ether oxygens (including phenoxy) is 1. The first-order chi connectivity index (χ1) is 12.8. The maximum absolute atomic E-state index is 10.2. The molecule has 132 valence electrons. The fourth-order valence-electron chi connectivity index (χ4n) is 2.84. The van der Waals surface area contributed by atoms with Gasteiger partial charge in [0.05, 0.1) is 18.0 Å². The van der Waals surface area contributed by atoms with E-state index in [0.29, 0.717) is 18.9 Å². The summed E-state index contributed by atoms with van der Waals surface area (Å²) in [7, 11) is 1.62. The van der Waals surface area contributed by atoms with Crippen molar-refractivity contribution in [2.24, 2.45) is 0 Å². The SMILES string of the molecule is COCC[C@H](O)c1cnc2c(cnn2-c2cccc(-c3ncn[nH]3)c2)c1. The lowest BCUT2D eigenvalue weighted by Crippen LogP contribution is -2.03. The second-order valence-corrected chi connectivity index (χ2v) is 5.92. The van der Waals surface area contributed by atoms with Crippen LogP contribution in [0.1, 0.15) is 18.1 Å². The summed E-state index contributed by atoms with van der Waals surface area (Å²) in [6, 6.07) is 9.72. The van der Waals surface area contributed by atoms with Gasteiger partial charge in [-0.15, -0.1) is 0 Å². The molecule has 0 radical (unpaired) electrons.